The first kappa shape index (κ1) is 14.9. The Hall–Kier alpha value is -3.00. The van der Waals surface area contributed by atoms with Crippen LogP contribution in [-0.4, -0.2) is 37.5 Å². The largest absolute Gasteiger partial charge is 0.504 e. The molecule has 0 fully saturated rings. The monoisotopic (exact) mass is 334 g/mol. The molecule has 0 spiro atoms. The van der Waals surface area contributed by atoms with E-state index in [0.29, 0.717) is 0 Å². The molecular formula is C14H11ClN4O4. The summed E-state index contributed by atoms with van der Waals surface area (Å²) in [7, 11) is 1.53. The van der Waals surface area contributed by atoms with E-state index in [0.717, 1.165) is 6.20 Å². The topological polar surface area (TPSA) is 109 Å². The number of aromatic carboxylic acids is 1. The number of benzene rings is 1. The third-order valence-electron chi connectivity index (χ3n) is 3.42. The van der Waals surface area contributed by atoms with Gasteiger partial charge in [-0.1, -0.05) is 11.6 Å². The highest BCUT2D eigenvalue weighted by molar-refractivity contribution is 6.33. The number of hydrogen-bond donors (Lipinski definition) is 3. The van der Waals surface area contributed by atoms with Crippen LogP contribution in [0.5, 0.6) is 5.75 Å². The van der Waals surface area contributed by atoms with Crippen LogP contribution in [0.25, 0.3) is 16.6 Å². The van der Waals surface area contributed by atoms with Gasteiger partial charge in [-0.2, -0.15) is 0 Å². The summed E-state index contributed by atoms with van der Waals surface area (Å²) in [6.45, 7) is 0. The Morgan fingerprint density at radius 1 is 1.43 bits per heavy atom. The van der Waals surface area contributed by atoms with Gasteiger partial charge in [0.1, 0.15) is 16.8 Å². The number of carboxylic acid groups (broad SMARTS) is 1. The van der Waals surface area contributed by atoms with E-state index >= 15 is 0 Å². The van der Waals surface area contributed by atoms with Gasteiger partial charge in [-0.3, -0.25) is 9.47 Å². The maximum absolute atomic E-state index is 12.3. The molecule has 0 aliphatic rings. The smallest absolute Gasteiger partial charge is 0.341 e. The van der Waals surface area contributed by atoms with Crippen LogP contribution in [0.2, 0.25) is 5.02 Å². The highest BCUT2D eigenvalue weighted by Gasteiger charge is 2.21. The van der Waals surface area contributed by atoms with Crippen molar-refractivity contribution in [3.05, 3.63) is 51.8 Å². The number of imidazole rings is 1. The summed E-state index contributed by atoms with van der Waals surface area (Å²) in [5, 5.41) is 19.8. The Kier molecular flexibility index (Phi) is 3.45. The highest BCUT2D eigenvalue weighted by atomic mass is 35.5. The van der Waals surface area contributed by atoms with Crippen molar-refractivity contribution in [3.63, 3.8) is 0 Å². The van der Waals surface area contributed by atoms with Crippen LogP contribution in [-0.2, 0) is 0 Å². The molecule has 0 saturated carbocycles. The van der Waals surface area contributed by atoms with Crippen molar-refractivity contribution in [2.24, 2.45) is 0 Å². The van der Waals surface area contributed by atoms with Crippen LogP contribution in [0.3, 0.4) is 0 Å². The van der Waals surface area contributed by atoms with Crippen LogP contribution in [0.1, 0.15) is 10.4 Å². The fourth-order valence-corrected chi connectivity index (χ4v) is 2.69. The number of halogens is 1. The minimum atomic E-state index is -1.37. The number of hydrogen-bond acceptors (Lipinski definition) is 5. The van der Waals surface area contributed by atoms with Gasteiger partial charge in [0, 0.05) is 25.6 Å². The van der Waals surface area contributed by atoms with Gasteiger partial charge in [0.25, 0.3) is 0 Å². The van der Waals surface area contributed by atoms with Gasteiger partial charge < -0.3 is 20.2 Å². The molecule has 3 N–H and O–H groups in total. The summed E-state index contributed by atoms with van der Waals surface area (Å²) in [5.41, 5.74) is 1.91. The molecule has 2 heterocycles. The van der Waals surface area contributed by atoms with E-state index in [2.05, 4.69) is 10.4 Å². The Balaban J connectivity index is 2.50. The van der Waals surface area contributed by atoms with Crippen LogP contribution < -0.4 is 10.9 Å². The molecule has 0 atom stereocenters. The third kappa shape index (κ3) is 2.20. The number of aromatic nitrogens is 3. The fourth-order valence-electron chi connectivity index (χ4n) is 2.40. The van der Waals surface area contributed by atoms with Crippen molar-refractivity contribution in [1.29, 1.82) is 0 Å². The van der Waals surface area contributed by atoms with E-state index < -0.39 is 17.0 Å². The van der Waals surface area contributed by atoms with E-state index in [4.69, 9.17) is 16.7 Å². The molecule has 1 aromatic carbocycles. The average molecular weight is 335 g/mol. The molecule has 0 saturated heterocycles. The fraction of sp³-hybridized carbons (Fsp3) is 0.0714. The normalized spacial score (nSPS) is 10.9. The Bertz CT molecular complexity index is 979. The van der Waals surface area contributed by atoms with E-state index in [1.165, 1.54) is 34.9 Å². The summed E-state index contributed by atoms with van der Waals surface area (Å²) in [6.07, 6.45) is 5.65. The molecule has 8 nitrogen and oxygen atoms in total. The predicted octanol–water partition coefficient (Wildman–Crippen LogP) is 1.42. The molecule has 23 heavy (non-hydrogen) atoms. The van der Waals surface area contributed by atoms with E-state index in [1.807, 2.05) is 0 Å². The molecule has 3 rings (SSSR count). The van der Waals surface area contributed by atoms with Gasteiger partial charge in [-0.25, -0.2) is 9.78 Å². The molecular weight excluding hydrogens is 324 g/mol. The first-order valence-corrected chi connectivity index (χ1v) is 6.83. The summed E-state index contributed by atoms with van der Waals surface area (Å²) < 4.78 is 2.75. The lowest BCUT2D eigenvalue weighted by Crippen LogP contribution is -2.22. The van der Waals surface area contributed by atoms with Crippen molar-refractivity contribution < 1.29 is 15.0 Å². The maximum Gasteiger partial charge on any atom is 0.341 e. The second kappa shape index (κ2) is 5.33. The molecule has 0 aliphatic heterocycles. The van der Waals surface area contributed by atoms with E-state index in [9.17, 15) is 14.7 Å². The number of phenols is 1. The lowest BCUT2D eigenvalue weighted by Gasteiger charge is -2.16. The van der Waals surface area contributed by atoms with Crippen molar-refractivity contribution in [2.75, 3.05) is 12.5 Å². The predicted molar refractivity (Wildman–Crippen MR) is 84.2 cm³/mol. The number of pyridine rings is 1. The van der Waals surface area contributed by atoms with Gasteiger partial charge in [-0.05, 0) is 6.07 Å². The summed E-state index contributed by atoms with van der Waals surface area (Å²) in [5.74, 6) is -1.64. The second-order valence-electron chi connectivity index (χ2n) is 4.69. The van der Waals surface area contributed by atoms with Crippen LogP contribution in [0.15, 0.2) is 35.8 Å². The molecule has 2 aromatic heterocycles. The molecule has 0 unspecified atom stereocenters. The lowest BCUT2D eigenvalue weighted by atomic mass is 10.1. The van der Waals surface area contributed by atoms with Crippen molar-refractivity contribution in [3.8, 4) is 11.4 Å². The SMILES string of the molecule is CNn1cc(C(=O)O)c(=O)c2cc(Cl)c(-n3ccnc3)c(O)c21. The third-order valence-corrected chi connectivity index (χ3v) is 3.71. The van der Waals surface area contributed by atoms with Gasteiger partial charge in [0.05, 0.1) is 16.7 Å². The average Bonchev–Trinajstić information content (AvgIpc) is 3.02. The standard InChI is InChI=1S/C14H11ClN4O4/c1-16-19-5-8(14(22)23)12(20)7-4-9(15)11(13(21)10(7)19)18-3-2-17-6-18/h2-6,16,21H,1H3,(H,22,23). The van der Waals surface area contributed by atoms with Crippen molar-refractivity contribution >= 4 is 28.5 Å². The molecule has 118 valence electrons. The van der Waals surface area contributed by atoms with Gasteiger partial charge in [0.15, 0.2) is 5.75 Å². The Morgan fingerprint density at radius 2 is 2.17 bits per heavy atom. The molecule has 3 aromatic rings. The summed E-state index contributed by atoms with van der Waals surface area (Å²) in [4.78, 5) is 27.4. The number of phenolic OH excluding ortho intramolecular Hbond substituents is 1. The minimum absolute atomic E-state index is 0.00869. The van der Waals surface area contributed by atoms with E-state index in [-0.39, 0.29) is 27.4 Å². The van der Waals surface area contributed by atoms with Crippen LogP contribution in [0.4, 0.5) is 0 Å². The van der Waals surface area contributed by atoms with E-state index in [1.54, 1.807) is 6.20 Å². The summed E-state index contributed by atoms with van der Waals surface area (Å²) in [6, 6.07) is 1.33. The minimum Gasteiger partial charge on any atom is -0.504 e. The number of carbonyl (C=O) groups is 1. The molecule has 0 radical (unpaired) electrons. The van der Waals surface area contributed by atoms with Crippen LogP contribution in [0, 0.1) is 0 Å². The summed E-state index contributed by atoms with van der Waals surface area (Å²) >= 11 is 6.17. The van der Waals surface area contributed by atoms with Gasteiger partial charge >= 0.3 is 5.97 Å². The molecule has 9 heteroatoms. The number of rotatable bonds is 3. The van der Waals surface area contributed by atoms with Crippen molar-refractivity contribution in [1.82, 2.24) is 14.2 Å². The van der Waals surface area contributed by atoms with Crippen LogP contribution >= 0.6 is 11.6 Å². The second-order valence-corrected chi connectivity index (χ2v) is 5.10. The number of fused-ring (bicyclic) bond motifs is 1. The number of carboxylic acids is 1. The van der Waals surface area contributed by atoms with Gasteiger partial charge in [-0.15, -0.1) is 0 Å². The molecule has 0 amide bonds. The quantitative estimate of drug-likeness (QED) is 0.668. The first-order valence-electron chi connectivity index (χ1n) is 6.46. The number of nitrogens with zero attached hydrogens (tertiary/aromatic N) is 3. The van der Waals surface area contributed by atoms with Crippen molar-refractivity contribution in [2.45, 2.75) is 0 Å². The Labute approximate surface area is 134 Å². The number of aromatic hydroxyl groups is 1. The van der Waals surface area contributed by atoms with Gasteiger partial charge in [0.2, 0.25) is 5.43 Å². The zero-order valence-electron chi connectivity index (χ0n) is 11.8. The zero-order valence-corrected chi connectivity index (χ0v) is 12.6. The first-order chi connectivity index (χ1) is 11.0. The number of nitrogens with one attached hydrogen (secondary N) is 1. The highest BCUT2D eigenvalue weighted by Crippen LogP contribution is 2.36. The maximum atomic E-state index is 12.3. The molecule has 0 bridgehead atoms. The lowest BCUT2D eigenvalue weighted by molar-refractivity contribution is 0.0695. The Morgan fingerprint density at radius 3 is 2.74 bits per heavy atom. The molecule has 0 aliphatic carbocycles. The zero-order chi connectivity index (χ0) is 16.7.